The standard InChI is InChI=1S/C22H17F3N4O3/c23-12-1-2-17-19(8-12)32-27-21(17)31-16-9-15(10-16)29-22(30)28-18(3-4-20(28)26-29)11-5-13(24)7-14(25)6-11/h1-2,5-8,15-16,18H,3-4,9-10H2/t15-,16-,18-/m0/s1. The van der Waals surface area contributed by atoms with Gasteiger partial charge in [-0.25, -0.2) is 22.6 Å². The van der Waals surface area contributed by atoms with Crippen molar-refractivity contribution in [2.24, 2.45) is 0 Å². The summed E-state index contributed by atoms with van der Waals surface area (Å²) in [5, 5.41) is 8.91. The van der Waals surface area contributed by atoms with Gasteiger partial charge < -0.3 is 9.26 Å². The van der Waals surface area contributed by atoms with Gasteiger partial charge in [0, 0.05) is 31.4 Å². The Morgan fingerprint density at radius 1 is 1.03 bits per heavy atom. The Bertz CT molecular complexity index is 1380. The van der Waals surface area contributed by atoms with Crippen molar-refractivity contribution in [1.29, 1.82) is 0 Å². The Labute approximate surface area is 179 Å². The van der Waals surface area contributed by atoms with Crippen LogP contribution >= 0.6 is 0 Å². The molecule has 2 aromatic carbocycles. The van der Waals surface area contributed by atoms with E-state index >= 15 is 0 Å². The average Bonchev–Trinajstić information content (AvgIpc) is 3.39. The maximum Gasteiger partial charge on any atom is 0.346 e. The summed E-state index contributed by atoms with van der Waals surface area (Å²) in [5.41, 5.74) is 0.433. The molecule has 0 N–H and O–H groups in total. The lowest BCUT2D eigenvalue weighted by Gasteiger charge is -2.34. The molecule has 1 aliphatic heterocycles. The summed E-state index contributed by atoms with van der Waals surface area (Å²) in [6.45, 7) is 0. The van der Waals surface area contributed by atoms with Gasteiger partial charge in [-0.3, -0.25) is 4.57 Å². The van der Waals surface area contributed by atoms with E-state index < -0.39 is 23.5 Å². The topological polar surface area (TPSA) is 75.1 Å². The predicted molar refractivity (Wildman–Crippen MR) is 106 cm³/mol. The maximum absolute atomic E-state index is 13.7. The number of hydrogen-bond acceptors (Lipinski definition) is 5. The molecule has 1 saturated carbocycles. The molecule has 1 fully saturated rings. The number of ether oxygens (including phenoxy) is 1. The van der Waals surface area contributed by atoms with Gasteiger partial charge in [-0.05, 0) is 41.4 Å². The minimum Gasteiger partial charge on any atom is -0.472 e. The molecular weight excluding hydrogens is 425 g/mol. The second kappa shape index (κ2) is 6.98. The first-order valence-electron chi connectivity index (χ1n) is 10.3. The van der Waals surface area contributed by atoms with Crippen LogP contribution in [0.15, 0.2) is 45.7 Å². The molecule has 2 aliphatic rings. The van der Waals surface area contributed by atoms with E-state index in [0.717, 1.165) is 6.07 Å². The second-order valence-electron chi connectivity index (χ2n) is 8.26. The van der Waals surface area contributed by atoms with Crippen LogP contribution in [0.5, 0.6) is 5.88 Å². The minimum atomic E-state index is -0.670. The lowest BCUT2D eigenvalue weighted by Crippen LogP contribution is -2.41. The van der Waals surface area contributed by atoms with Gasteiger partial charge in [-0.2, -0.15) is 5.10 Å². The Kier molecular flexibility index (Phi) is 4.17. The largest absolute Gasteiger partial charge is 0.472 e. The maximum atomic E-state index is 13.7. The van der Waals surface area contributed by atoms with Crippen LogP contribution < -0.4 is 10.4 Å². The highest BCUT2D eigenvalue weighted by Gasteiger charge is 2.38. The Morgan fingerprint density at radius 2 is 1.81 bits per heavy atom. The first kappa shape index (κ1) is 19.1. The average molecular weight is 442 g/mol. The Hall–Kier alpha value is -3.56. The fourth-order valence-corrected chi connectivity index (χ4v) is 4.60. The summed E-state index contributed by atoms with van der Waals surface area (Å²) in [5.74, 6) is -0.864. The number of nitrogens with zero attached hydrogens (tertiary/aromatic N) is 4. The number of fused-ring (bicyclic) bond motifs is 2. The summed E-state index contributed by atoms with van der Waals surface area (Å²) < 4.78 is 54.6. The number of benzene rings is 2. The molecular formula is C22H17F3N4O3. The summed E-state index contributed by atoms with van der Waals surface area (Å²) in [6.07, 6.45) is 2.03. The van der Waals surface area contributed by atoms with Crippen LogP contribution in [0.4, 0.5) is 13.2 Å². The molecule has 0 spiro atoms. The lowest BCUT2D eigenvalue weighted by atomic mass is 9.89. The molecule has 3 heterocycles. The number of hydrogen-bond donors (Lipinski definition) is 0. The molecule has 0 saturated heterocycles. The van der Waals surface area contributed by atoms with E-state index in [1.54, 1.807) is 6.07 Å². The highest BCUT2D eigenvalue weighted by atomic mass is 19.1. The van der Waals surface area contributed by atoms with E-state index in [-0.39, 0.29) is 23.7 Å². The van der Waals surface area contributed by atoms with Gasteiger partial charge in [0.15, 0.2) is 5.58 Å². The molecule has 1 atom stereocenters. The van der Waals surface area contributed by atoms with Gasteiger partial charge >= 0.3 is 5.69 Å². The van der Waals surface area contributed by atoms with E-state index in [9.17, 15) is 18.0 Å². The number of aryl methyl sites for hydroxylation is 1. The first-order chi connectivity index (χ1) is 15.5. The summed E-state index contributed by atoms with van der Waals surface area (Å²) >= 11 is 0. The highest BCUT2D eigenvalue weighted by molar-refractivity contribution is 5.82. The number of halogens is 3. The van der Waals surface area contributed by atoms with Crippen LogP contribution in [-0.4, -0.2) is 25.6 Å². The third-order valence-electron chi connectivity index (χ3n) is 6.22. The molecule has 2 aromatic heterocycles. The number of rotatable bonds is 4. The zero-order chi connectivity index (χ0) is 22.0. The number of aromatic nitrogens is 4. The van der Waals surface area contributed by atoms with Crippen LogP contribution in [0.3, 0.4) is 0 Å². The van der Waals surface area contributed by atoms with Crippen molar-refractivity contribution in [2.45, 2.75) is 43.9 Å². The van der Waals surface area contributed by atoms with E-state index in [1.165, 1.54) is 33.5 Å². The molecule has 32 heavy (non-hydrogen) atoms. The molecule has 0 radical (unpaired) electrons. The highest BCUT2D eigenvalue weighted by Crippen LogP contribution is 2.37. The van der Waals surface area contributed by atoms with Crippen LogP contribution in [0.25, 0.3) is 11.0 Å². The van der Waals surface area contributed by atoms with E-state index in [4.69, 9.17) is 9.26 Å². The monoisotopic (exact) mass is 442 g/mol. The first-order valence-corrected chi connectivity index (χ1v) is 10.3. The van der Waals surface area contributed by atoms with E-state index in [0.29, 0.717) is 48.0 Å². The van der Waals surface area contributed by atoms with Crippen LogP contribution in [0.2, 0.25) is 0 Å². The lowest BCUT2D eigenvalue weighted by molar-refractivity contribution is 0.0566. The van der Waals surface area contributed by atoms with Crippen molar-refractivity contribution >= 4 is 11.0 Å². The van der Waals surface area contributed by atoms with Gasteiger partial charge in [-0.15, -0.1) is 0 Å². The molecule has 0 bridgehead atoms. The smallest absolute Gasteiger partial charge is 0.346 e. The minimum absolute atomic E-state index is 0.147. The van der Waals surface area contributed by atoms with Crippen molar-refractivity contribution in [3.05, 3.63) is 75.7 Å². The van der Waals surface area contributed by atoms with Crippen LogP contribution in [0, 0.1) is 17.5 Å². The molecule has 10 heteroatoms. The van der Waals surface area contributed by atoms with Crippen LogP contribution in [0.1, 0.15) is 42.7 Å². The van der Waals surface area contributed by atoms with Gasteiger partial charge in [0.25, 0.3) is 5.88 Å². The third kappa shape index (κ3) is 3.01. The van der Waals surface area contributed by atoms with Crippen molar-refractivity contribution in [3.8, 4) is 5.88 Å². The van der Waals surface area contributed by atoms with Crippen molar-refractivity contribution in [2.75, 3.05) is 0 Å². The molecule has 0 amide bonds. The van der Waals surface area contributed by atoms with Gasteiger partial charge in [0.05, 0.1) is 17.5 Å². The van der Waals surface area contributed by atoms with Gasteiger partial charge in [0.2, 0.25) is 0 Å². The second-order valence-corrected chi connectivity index (χ2v) is 8.26. The van der Waals surface area contributed by atoms with E-state index in [2.05, 4.69) is 10.3 Å². The van der Waals surface area contributed by atoms with Crippen LogP contribution in [-0.2, 0) is 6.42 Å². The Morgan fingerprint density at radius 3 is 2.59 bits per heavy atom. The van der Waals surface area contributed by atoms with Crippen molar-refractivity contribution in [3.63, 3.8) is 0 Å². The molecule has 0 unspecified atom stereocenters. The zero-order valence-electron chi connectivity index (χ0n) is 16.7. The summed E-state index contributed by atoms with van der Waals surface area (Å²) in [6, 6.07) is 6.84. The van der Waals surface area contributed by atoms with Gasteiger partial charge in [-0.1, -0.05) is 0 Å². The zero-order valence-corrected chi connectivity index (χ0v) is 16.7. The molecule has 4 aromatic rings. The molecule has 6 rings (SSSR count). The summed E-state index contributed by atoms with van der Waals surface area (Å²) in [7, 11) is 0. The quantitative estimate of drug-likeness (QED) is 0.479. The molecule has 7 nitrogen and oxygen atoms in total. The van der Waals surface area contributed by atoms with Gasteiger partial charge in [0.1, 0.15) is 29.4 Å². The normalized spacial score (nSPS) is 22.2. The molecule has 164 valence electrons. The fraction of sp³-hybridized carbons (Fsp3) is 0.318. The SMILES string of the molecule is O=c1n2c(nn1[C@H]1C[C@H](Oc3noc4cc(F)ccc34)C1)CC[C@H]2c1cc(F)cc(F)c1. The van der Waals surface area contributed by atoms with Crippen molar-refractivity contribution in [1.82, 2.24) is 19.5 Å². The predicted octanol–water partition coefficient (Wildman–Crippen LogP) is 3.92. The van der Waals surface area contributed by atoms with Crippen molar-refractivity contribution < 1.29 is 22.4 Å². The van der Waals surface area contributed by atoms with E-state index in [1.807, 2.05) is 0 Å². The Balaban J connectivity index is 1.20. The fourth-order valence-electron chi connectivity index (χ4n) is 4.60. The summed E-state index contributed by atoms with van der Waals surface area (Å²) in [4.78, 5) is 13.1. The third-order valence-corrected chi connectivity index (χ3v) is 6.22. The molecule has 1 aliphatic carbocycles.